The van der Waals surface area contributed by atoms with Crippen LogP contribution in [0, 0.1) is 11.6 Å². The Kier molecular flexibility index (Phi) is 4.80. The van der Waals surface area contributed by atoms with Crippen LogP contribution in [0.5, 0.6) is 0 Å². The highest BCUT2D eigenvalue weighted by molar-refractivity contribution is 8.00. The molecule has 1 aromatic heterocycles. The number of rotatable bonds is 5. The third-order valence-electron chi connectivity index (χ3n) is 3.47. The number of thioether (sulfide) groups is 1. The minimum Gasteiger partial charge on any atom is -0.351 e. The largest absolute Gasteiger partial charge is 0.351 e. The highest BCUT2D eigenvalue weighted by Gasteiger charge is 2.17. The molecule has 0 spiro atoms. The van der Waals surface area contributed by atoms with E-state index in [4.69, 9.17) is 0 Å². The van der Waals surface area contributed by atoms with Crippen LogP contribution in [-0.2, 0) is 11.3 Å². The van der Waals surface area contributed by atoms with Crippen LogP contribution >= 0.6 is 11.8 Å². The van der Waals surface area contributed by atoms with E-state index in [0.29, 0.717) is 22.7 Å². The molecule has 0 bridgehead atoms. The standard InChI is InChI=1S/C17H15F2N3OS/c1-10(16(23)20-9-11-5-3-2-4-6-11)24-17-21-14-7-12(18)13(19)8-15(14)22-17/h2-8,10H,9H2,1H3,(H,20,23)(H,21,22). The number of benzene rings is 2. The number of carbonyl (C=O) groups excluding carboxylic acids is 1. The number of hydrogen-bond donors (Lipinski definition) is 2. The van der Waals surface area contributed by atoms with Gasteiger partial charge in [-0.05, 0) is 12.5 Å². The highest BCUT2D eigenvalue weighted by Crippen LogP contribution is 2.24. The van der Waals surface area contributed by atoms with Gasteiger partial charge in [0, 0.05) is 18.7 Å². The average molecular weight is 347 g/mol. The molecule has 0 aliphatic heterocycles. The fraction of sp³-hybridized carbons (Fsp3) is 0.176. The Morgan fingerprint density at radius 1 is 1.25 bits per heavy atom. The zero-order valence-corrected chi connectivity index (χ0v) is 13.7. The Balaban J connectivity index is 1.63. The molecule has 1 amide bonds. The summed E-state index contributed by atoms with van der Waals surface area (Å²) in [5.41, 5.74) is 1.74. The van der Waals surface area contributed by atoms with Gasteiger partial charge < -0.3 is 10.3 Å². The second-order valence-corrected chi connectivity index (χ2v) is 6.62. The van der Waals surface area contributed by atoms with Crippen LogP contribution in [0.25, 0.3) is 11.0 Å². The number of fused-ring (bicyclic) bond motifs is 1. The van der Waals surface area contributed by atoms with Crippen LogP contribution in [0.4, 0.5) is 8.78 Å². The van der Waals surface area contributed by atoms with Gasteiger partial charge in [-0.15, -0.1) is 0 Å². The van der Waals surface area contributed by atoms with Crippen molar-refractivity contribution < 1.29 is 13.6 Å². The Labute approximate surface area is 141 Å². The Morgan fingerprint density at radius 2 is 1.96 bits per heavy atom. The molecule has 1 atom stereocenters. The Morgan fingerprint density at radius 3 is 2.71 bits per heavy atom. The number of carbonyl (C=O) groups is 1. The predicted octanol–water partition coefficient (Wildman–Crippen LogP) is 3.64. The van der Waals surface area contributed by atoms with Gasteiger partial charge in [0.2, 0.25) is 5.91 Å². The maximum absolute atomic E-state index is 13.2. The Hall–Kier alpha value is -2.41. The van der Waals surface area contributed by atoms with Crippen molar-refractivity contribution in [3.05, 3.63) is 59.7 Å². The van der Waals surface area contributed by atoms with E-state index >= 15 is 0 Å². The third kappa shape index (κ3) is 3.73. The number of nitrogens with one attached hydrogen (secondary N) is 2. The first-order valence-electron chi connectivity index (χ1n) is 7.36. The number of aromatic amines is 1. The summed E-state index contributed by atoms with van der Waals surface area (Å²) in [6.45, 7) is 2.19. The molecule has 0 aliphatic carbocycles. The average Bonchev–Trinajstić information content (AvgIpc) is 2.95. The number of amides is 1. The first-order valence-corrected chi connectivity index (χ1v) is 8.24. The van der Waals surface area contributed by atoms with Gasteiger partial charge >= 0.3 is 0 Å². The molecule has 24 heavy (non-hydrogen) atoms. The minimum atomic E-state index is -0.945. The quantitative estimate of drug-likeness (QED) is 0.693. The second kappa shape index (κ2) is 7.00. The van der Waals surface area contributed by atoms with E-state index < -0.39 is 16.9 Å². The number of halogens is 2. The molecule has 7 heteroatoms. The summed E-state index contributed by atoms with van der Waals surface area (Å²) in [6.07, 6.45) is 0. The molecule has 3 aromatic rings. The predicted molar refractivity (Wildman–Crippen MR) is 89.6 cm³/mol. The van der Waals surface area contributed by atoms with Crippen LogP contribution in [0.2, 0.25) is 0 Å². The molecule has 0 saturated carbocycles. The molecule has 1 heterocycles. The number of hydrogen-bond acceptors (Lipinski definition) is 3. The molecule has 2 N–H and O–H groups in total. The molecule has 1 unspecified atom stereocenters. The van der Waals surface area contributed by atoms with E-state index in [1.54, 1.807) is 6.92 Å². The molecular weight excluding hydrogens is 332 g/mol. The van der Waals surface area contributed by atoms with Crippen molar-refractivity contribution in [2.24, 2.45) is 0 Å². The van der Waals surface area contributed by atoms with E-state index in [9.17, 15) is 13.6 Å². The maximum Gasteiger partial charge on any atom is 0.233 e. The molecule has 0 aliphatic rings. The highest BCUT2D eigenvalue weighted by atomic mass is 32.2. The fourth-order valence-corrected chi connectivity index (χ4v) is 3.03. The van der Waals surface area contributed by atoms with Gasteiger partial charge in [-0.2, -0.15) is 0 Å². The lowest BCUT2D eigenvalue weighted by atomic mass is 10.2. The van der Waals surface area contributed by atoms with Gasteiger partial charge in [-0.1, -0.05) is 42.1 Å². The van der Waals surface area contributed by atoms with Crippen molar-refractivity contribution >= 4 is 28.7 Å². The van der Waals surface area contributed by atoms with E-state index in [2.05, 4.69) is 15.3 Å². The molecule has 2 aromatic carbocycles. The number of aromatic nitrogens is 2. The van der Waals surface area contributed by atoms with Gasteiger partial charge in [0.1, 0.15) is 0 Å². The van der Waals surface area contributed by atoms with Gasteiger partial charge in [0.25, 0.3) is 0 Å². The zero-order chi connectivity index (χ0) is 17.1. The summed E-state index contributed by atoms with van der Waals surface area (Å²) in [4.78, 5) is 19.2. The molecule has 4 nitrogen and oxygen atoms in total. The van der Waals surface area contributed by atoms with Gasteiger partial charge in [-0.3, -0.25) is 4.79 Å². The first-order chi connectivity index (χ1) is 11.5. The van der Waals surface area contributed by atoms with Crippen molar-refractivity contribution in [1.29, 1.82) is 0 Å². The van der Waals surface area contributed by atoms with Gasteiger partial charge in [-0.25, -0.2) is 13.8 Å². The van der Waals surface area contributed by atoms with Crippen molar-refractivity contribution in [2.75, 3.05) is 0 Å². The molecular formula is C17H15F2N3OS. The van der Waals surface area contributed by atoms with Crippen molar-refractivity contribution in [1.82, 2.24) is 15.3 Å². The summed E-state index contributed by atoms with van der Waals surface area (Å²) in [7, 11) is 0. The van der Waals surface area contributed by atoms with Crippen LogP contribution < -0.4 is 5.32 Å². The summed E-state index contributed by atoms with van der Waals surface area (Å²) >= 11 is 1.20. The lowest BCUT2D eigenvalue weighted by Gasteiger charge is -2.10. The SMILES string of the molecule is CC(Sc1nc2cc(F)c(F)cc2[nH]1)C(=O)NCc1ccccc1. The normalized spacial score (nSPS) is 12.3. The summed E-state index contributed by atoms with van der Waals surface area (Å²) in [6, 6.07) is 11.7. The van der Waals surface area contributed by atoms with Crippen molar-refractivity contribution in [3.8, 4) is 0 Å². The first kappa shape index (κ1) is 16.4. The van der Waals surface area contributed by atoms with Crippen LogP contribution in [0.1, 0.15) is 12.5 Å². The topological polar surface area (TPSA) is 57.8 Å². The number of imidazole rings is 1. The van der Waals surface area contributed by atoms with Gasteiger partial charge in [0.15, 0.2) is 16.8 Å². The van der Waals surface area contributed by atoms with Crippen molar-refractivity contribution in [3.63, 3.8) is 0 Å². The Bertz CT molecular complexity index is 828. The van der Waals surface area contributed by atoms with E-state index in [0.717, 1.165) is 17.7 Å². The van der Waals surface area contributed by atoms with Crippen LogP contribution in [0.3, 0.4) is 0 Å². The second-order valence-electron chi connectivity index (χ2n) is 5.29. The zero-order valence-electron chi connectivity index (χ0n) is 12.8. The minimum absolute atomic E-state index is 0.137. The van der Waals surface area contributed by atoms with Crippen molar-refractivity contribution in [2.45, 2.75) is 23.9 Å². The van der Waals surface area contributed by atoms with Crippen LogP contribution in [-0.4, -0.2) is 21.1 Å². The maximum atomic E-state index is 13.2. The number of H-pyrrole nitrogens is 1. The summed E-state index contributed by atoms with van der Waals surface area (Å²) in [5.74, 6) is -2.02. The lowest BCUT2D eigenvalue weighted by molar-refractivity contribution is -0.120. The summed E-state index contributed by atoms with van der Waals surface area (Å²) in [5, 5.41) is 2.89. The fourth-order valence-electron chi connectivity index (χ4n) is 2.19. The lowest BCUT2D eigenvalue weighted by Crippen LogP contribution is -2.30. The van der Waals surface area contributed by atoms with Gasteiger partial charge in [0.05, 0.1) is 16.3 Å². The van der Waals surface area contributed by atoms with E-state index in [-0.39, 0.29) is 5.91 Å². The van der Waals surface area contributed by atoms with Crippen LogP contribution in [0.15, 0.2) is 47.6 Å². The monoisotopic (exact) mass is 347 g/mol. The molecule has 124 valence electrons. The van der Waals surface area contributed by atoms with E-state index in [1.165, 1.54) is 11.8 Å². The summed E-state index contributed by atoms with van der Waals surface area (Å²) < 4.78 is 26.4. The number of nitrogens with zero attached hydrogens (tertiary/aromatic N) is 1. The molecule has 3 rings (SSSR count). The molecule has 0 fully saturated rings. The third-order valence-corrected chi connectivity index (χ3v) is 4.45. The smallest absolute Gasteiger partial charge is 0.233 e. The molecule has 0 saturated heterocycles. The van der Waals surface area contributed by atoms with E-state index in [1.807, 2.05) is 30.3 Å². The molecule has 0 radical (unpaired) electrons.